The fourth-order valence-corrected chi connectivity index (χ4v) is 2.97. The molecule has 0 amide bonds. The minimum Gasteiger partial charge on any atom is -0.284 e. The molecule has 0 bridgehead atoms. The highest BCUT2D eigenvalue weighted by Gasteiger charge is 2.10. The molecule has 0 radical (unpaired) electrons. The van der Waals surface area contributed by atoms with Gasteiger partial charge in [-0.05, 0) is 19.3 Å². The molecule has 2 unspecified atom stereocenters. The van der Waals surface area contributed by atoms with Crippen LogP contribution in [0.3, 0.4) is 0 Å². The highest BCUT2D eigenvalue weighted by molar-refractivity contribution is 4.83. The van der Waals surface area contributed by atoms with Gasteiger partial charge in [-0.1, -0.05) is 97.5 Å². The van der Waals surface area contributed by atoms with Gasteiger partial charge in [-0.25, -0.2) is 5.43 Å². The molecular formula is C21H44N2O. The lowest BCUT2D eigenvalue weighted by Gasteiger charge is -2.21. The smallest absolute Gasteiger partial charge is 0.0806 e. The van der Waals surface area contributed by atoms with E-state index in [9.17, 15) is 0 Å². The highest BCUT2D eigenvalue weighted by Crippen LogP contribution is 2.15. The molecule has 0 aliphatic rings. The lowest BCUT2D eigenvalue weighted by molar-refractivity contribution is -0.0612. The molecule has 0 aliphatic heterocycles. The van der Waals surface area contributed by atoms with Crippen molar-refractivity contribution in [3.05, 3.63) is 12.7 Å². The number of hydrazine groups is 1. The monoisotopic (exact) mass is 340 g/mol. The molecule has 0 rings (SSSR count). The summed E-state index contributed by atoms with van der Waals surface area (Å²) in [5, 5.41) is 0. The van der Waals surface area contributed by atoms with E-state index in [0.29, 0.717) is 6.10 Å². The summed E-state index contributed by atoms with van der Waals surface area (Å²) in [7, 11) is 0. The van der Waals surface area contributed by atoms with E-state index >= 15 is 0 Å². The zero-order valence-corrected chi connectivity index (χ0v) is 16.7. The van der Waals surface area contributed by atoms with Gasteiger partial charge in [0.25, 0.3) is 0 Å². The maximum Gasteiger partial charge on any atom is 0.0806 e. The standard InChI is InChI=1S/C21H44N2O/c1-5-9-11-13-14-16-19-21(18-15-12-10-6-2)24-23-22-20(8-4)17-7-3/h8,20-23H,4-7,9-19H2,1-3H3. The molecule has 0 aromatic rings. The van der Waals surface area contributed by atoms with Gasteiger partial charge in [-0.2, -0.15) is 0 Å². The van der Waals surface area contributed by atoms with E-state index in [2.05, 4.69) is 38.4 Å². The van der Waals surface area contributed by atoms with E-state index in [0.717, 1.165) is 19.3 Å². The summed E-state index contributed by atoms with van der Waals surface area (Å²) in [6.07, 6.45) is 20.1. The van der Waals surface area contributed by atoms with Crippen LogP contribution in [0.25, 0.3) is 0 Å². The van der Waals surface area contributed by atoms with Crippen molar-refractivity contribution in [2.45, 2.75) is 123 Å². The molecule has 2 N–H and O–H groups in total. The normalized spacial score (nSPS) is 13.8. The molecular weight excluding hydrogens is 296 g/mol. The van der Waals surface area contributed by atoms with Crippen LogP contribution in [0.2, 0.25) is 0 Å². The Balaban J connectivity index is 3.95. The van der Waals surface area contributed by atoms with Gasteiger partial charge in [0.1, 0.15) is 0 Å². The Morgan fingerprint density at radius 2 is 1.29 bits per heavy atom. The van der Waals surface area contributed by atoms with Crippen LogP contribution in [-0.4, -0.2) is 12.1 Å². The van der Waals surface area contributed by atoms with E-state index in [1.165, 1.54) is 70.6 Å². The average molecular weight is 341 g/mol. The Bertz CT molecular complexity index is 258. The molecule has 3 heteroatoms. The zero-order valence-electron chi connectivity index (χ0n) is 16.7. The molecule has 0 saturated carbocycles. The van der Waals surface area contributed by atoms with E-state index in [1.807, 2.05) is 6.08 Å². The zero-order chi connectivity index (χ0) is 17.9. The first kappa shape index (κ1) is 23.6. The SMILES string of the molecule is C=CC(CCC)NNOC(CCCCCC)CCCCCCCC. The summed E-state index contributed by atoms with van der Waals surface area (Å²) in [4.78, 5) is 5.92. The maximum atomic E-state index is 5.92. The molecule has 2 atom stereocenters. The summed E-state index contributed by atoms with van der Waals surface area (Å²) < 4.78 is 0. The number of hydrogen-bond acceptors (Lipinski definition) is 3. The molecule has 0 spiro atoms. The molecule has 0 heterocycles. The molecule has 3 nitrogen and oxygen atoms in total. The van der Waals surface area contributed by atoms with Crippen molar-refractivity contribution >= 4 is 0 Å². The number of nitrogens with one attached hydrogen (secondary N) is 2. The fraction of sp³-hybridized carbons (Fsp3) is 0.905. The van der Waals surface area contributed by atoms with E-state index in [4.69, 9.17) is 4.84 Å². The van der Waals surface area contributed by atoms with Gasteiger partial charge >= 0.3 is 0 Å². The van der Waals surface area contributed by atoms with Crippen molar-refractivity contribution in [1.82, 2.24) is 11.0 Å². The Kier molecular flexibility index (Phi) is 18.7. The molecule has 0 aromatic carbocycles. The van der Waals surface area contributed by atoms with Crippen LogP contribution in [0.5, 0.6) is 0 Å². The van der Waals surface area contributed by atoms with E-state index in [1.54, 1.807) is 0 Å². The van der Waals surface area contributed by atoms with Crippen molar-refractivity contribution in [3.8, 4) is 0 Å². The summed E-state index contributed by atoms with van der Waals surface area (Å²) in [5.74, 6) is 0. The van der Waals surface area contributed by atoms with Gasteiger partial charge in [0.2, 0.25) is 0 Å². The molecule has 0 fully saturated rings. The van der Waals surface area contributed by atoms with Crippen molar-refractivity contribution in [2.24, 2.45) is 0 Å². The van der Waals surface area contributed by atoms with Crippen LogP contribution in [-0.2, 0) is 4.84 Å². The van der Waals surface area contributed by atoms with Crippen LogP contribution in [0.4, 0.5) is 0 Å². The van der Waals surface area contributed by atoms with Gasteiger partial charge in [-0.3, -0.25) is 4.84 Å². The van der Waals surface area contributed by atoms with Crippen molar-refractivity contribution in [3.63, 3.8) is 0 Å². The summed E-state index contributed by atoms with van der Waals surface area (Å²) in [6, 6.07) is 0.282. The second kappa shape index (κ2) is 19.0. The van der Waals surface area contributed by atoms with E-state index < -0.39 is 0 Å². The Morgan fingerprint density at radius 1 is 0.750 bits per heavy atom. The summed E-state index contributed by atoms with van der Waals surface area (Å²) in [5.41, 5.74) is 6.23. The second-order valence-electron chi connectivity index (χ2n) is 7.02. The van der Waals surface area contributed by atoms with Crippen molar-refractivity contribution in [2.75, 3.05) is 0 Å². The highest BCUT2D eigenvalue weighted by atomic mass is 16.7. The minimum atomic E-state index is 0.282. The molecule has 0 saturated heterocycles. The lowest BCUT2D eigenvalue weighted by Crippen LogP contribution is -2.41. The largest absolute Gasteiger partial charge is 0.284 e. The van der Waals surface area contributed by atoms with Gasteiger partial charge < -0.3 is 0 Å². The van der Waals surface area contributed by atoms with Gasteiger partial charge in [-0.15, -0.1) is 12.2 Å². The molecule has 0 aliphatic carbocycles. The predicted molar refractivity (Wildman–Crippen MR) is 107 cm³/mol. The van der Waals surface area contributed by atoms with E-state index in [-0.39, 0.29) is 6.04 Å². The number of rotatable bonds is 19. The predicted octanol–water partition coefficient (Wildman–Crippen LogP) is 6.46. The lowest BCUT2D eigenvalue weighted by atomic mass is 10.0. The Morgan fingerprint density at radius 3 is 1.83 bits per heavy atom. The molecule has 0 aromatic heterocycles. The fourth-order valence-electron chi connectivity index (χ4n) is 2.97. The Labute approximate surface area is 151 Å². The van der Waals surface area contributed by atoms with Gasteiger partial charge in [0, 0.05) is 6.04 Å². The topological polar surface area (TPSA) is 33.3 Å². The minimum absolute atomic E-state index is 0.282. The van der Waals surface area contributed by atoms with Crippen LogP contribution < -0.4 is 11.0 Å². The third kappa shape index (κ3) is 15.2. The first-order valence-electron chi connectivity index (χ1n) is 10.6. The van der Waals surface area contributed by atoms with Crippen LogP contribution in [0, 0.1) is 0 Å². The first-order valence-corrected chi connectivity index (χ1v) is 10.6. The molecule has 24 heavy (non-hydrogen) atoms. The van der Waals surface area contributed by atoms with Crippen molar-refractivity contribution in [1.29, 1.82) is 0 Å². The Hall–Kier alpha value is -0.380. The second-order valence-corrected chi connectivity index (χ2v) is 7.02. The molecule has 144 valence electrons. The average Bonchev–Trinajstić information content (AvgIpc) is 2.60. The maximum absolute atomic E-state index is 5.92. The quantitative estimate of drug-likeness (QED) is 0.161. The summed E-state index contributed by atoms with van der Waals surface area (Å²) in [6.45, 7) is 10.6. The van der Waals surface area contributed by atoms with Gasteiger partial charge in [0.15, 0.2) is 0 Å². The first-order chi connectivity index (χ1) is 11.8. The third-order valence-corrected chi connectivity index (χ3v) is 4.61. The summed E-state index contributed by atoms with van der Waals surface area (Å²) >= 11 is 0. The van der Waals surface area contributed by atoms with Crippen LogP contribution >= 0.6 is 0 Å². The number of hydrogen-bond donors (Lipinski definition) is 2. The van der Waals surface area contributed by atoms with Gasteiger partial charge in [0.05, 0.1) is 6.10 Å². The van der Waals surface area contributed by atoms with Crippen LogP contribution in [0.1, 0.15) is 111 Å². The van der Waals surface area contributed by atoms with Crippen LogP contribution in [0.15, 0.2) is 12.7 Å². The third-order valence-electron chi connectivity index (χ3n) is 4.61. The number of unbranched alkanes of at least 4 members (excludes halogenated alkanes) is 8. The van der Waals surface area contributed by atoms with Crippen molar-refractivity contribution < 1.29 is 4.84 Å².